The molecule has 0 aliphatic rings. The van der Waals surface area contributed by atoms with Gasteiger partial charge >= 0.3 is 0 Å². The van der Waals surface area contributed by atoms with Crippen molar-refractivity contribution in [3.8, 4) is 0 Å². The molecule has 0 bridgehead atoms. The summed E-state index contributed by atoms with van der Waals surface area (Å²) in [4.78, 5) is 11.5. The Morgan fingerprint density at radius 2 is 1.80 bits per heavy atom. The van der Waals surface area contributed by atoms with Crippen LogP contribution in [0, 0.1) is 5.92 Å². The van der Waals surface area contributed by atoms with E-state index in [2.05, 4.69) is 0 Å². The summed E-state index contributed by atoms with van der Waals surface area (Å²) >= 11 is 12.0. The molecule has 0 aliphatic carbocycles. The number of hydrogen-bond donors (Lipinski definition) is 0. The highest BCUT2D eigenvalue weighted by Gasteiger charge is 2.10. The van der Waals surface area contributed by atoms with Gasteiger partial charge in [0.25, 0.3) is 0 Å². The first-order valence-electron chi connectivity index (χ1n) is 4.98. The molecule has 0 fully saturated rings. The maximum atomic E-state index is 11.5. The molecule has 3 heteroatoms. The highest BCUT2D eigenvalue weighted by atomic mass is 35.5. The van der Waals surface area contributed by atoms with Gasteiger partial charge in [0.05, 0.1) is 0 Å². The Labute approximate surface area is 100 Å². The van der Waals surface area contributed by atoms with Crippen LogP contribution in [-0.4, -0.2) is 5.78 Å². The number of hydrogen-bond acceptors (Lipinski definition) is 1. The van der Waals surface area contributed by atoms with E-state index in [0.717, 1.165) is 5.56 Å². The first kappa shape index (κ1) is 12.5. The van der Waals surface area contributed by atoms with Crippen LogP contribution in [0.4, 0.5) is 0 Å². The maximum absolute atomic E-state index is 11.5. The molecule has 0 spiro atoms. The van der Waals surface area contributed by atoms with E-state index in [1.54, 1.807) is 18.2 Å². The fourth-order valence-electron chi connectivity index (χ4n) is 1.31. The average molecular weight is 245 g/mol. The van der Waals surface area contributed by atoms with E-state index in [1.807, 2.05) is 13.8 Å². The van der Waals surface area contributed by atoms with Gasteiger partial charge in [-0.1, -0.05) is 43.1 Å². The van der Waals surface area contributed by atoms with Crippen molar-refractivity contribution >= 4 is 29.0 Å². The number of benzene rings is 1. The van der Waals surface area contributed by atoms with E-state index in [0.29, 0.717) is 22.9 Å². The highest BCUT2D eigenvalue weighted by molar-refractivity contribution is 6.36. The van der Waals surface area contributed by atoms with Crippen molar-refractivity contribution in [2.24, 2.45) is 5.92 Å². The summed E-state index contributed by atoms with van der Waals surface area (Å²) in [5.74, 6) is 0.317. The SMILES string of the molecule is CC(C)C(=O)CCc1c(Cl)cccc1Cl. The Balaban J connectivity index is 2.69. The third kappa shape index (κ3) is 3.51. The second-order valence-electron chi connectivity index (χ2n) is 3.82. The lowest BCUT2D eigenvalue weighted by atomic mass is 10.0. The molecular weight excluding hydrogens is 231 g/mol. The first-order valence-corrected chi connectivity index (χ1v) is 5.73. The second-order valence-corrected chi connectivity index (χ2v) is 4.64. The molecule has 0 amide bonds. The minimum atomic E-state index is 0.0752. The predicted octanol–water partition coefficient (Wildman–Crippen LogP) is 4.15. The van der Waals surface area contributed by atoms with Crippen LogP contribution < -0.4 is 0 Å². The van der Waals surface area contributed by atoms with Gasteiger partial charge in [-0.3, -0.25) is 4.79 Å². The summed E-state index contributed by atoms with van der Waals surface area (Å²) in [5.41, 5.74) is 0.870. The Morgan fingerprint density at radius 3 is 2.27 bits per heavy atom. The fourth-order valence-corrected chi connectivity index (χ4v) is 1.89. The van der Waals surface area contributed by atoms with Crippen LogP contribution >= 0.6 is 23.2 Å². The van der Waals surface area contributed by atoms with Crippen molar-refractivity contribution in [3.63, 3.8) is 0 Å². The molecule has 15 heavy (non-hydrogen) atoms. The molecule has 0 aliphatic heterocycles. The minimum absolute atomic E-state index is 0.0752. The van der Waals surface area contributed by atoms with Crippen molar-refractivity contribution in [2.75, 3.05) is 0 Å². The Hall–Kier alpha value is -0.530. The smallest absolute Gasteiger partial charge is 0.135 e. The largest absolute Gasteiger partial charge is 0.299 e. The molecule has 0 heterocycles. The van der Waals surface area contributed by atoms with Crippen LogP contribution in [0.25, 0.3) is 0 Å². The molecule has 0 aromatic heterocycles. The third-order valence-electron chi connectivity index (χ3n) is 2.33. The van der Waals surface area contributed by atoms with E-state index < -0.39 is 0 Å². The van der Waals surface area contributed by atoms with Crippen LogP contribution in [0.15, 0.2) is 18.2 Å². The summed E-state index contributed by atoms with van der Waals surface area (Å²) in [5, 5.41) is 1.28. The molecule has 0 saturated heterocycles. The Morgan fingerprint density at radius 1 is 1.27 bits per heavy atom. The number of carbonyl (C=O) groups is 1. The van der Waals surface area contributed by atoms with Crippen LogP contribution in [0.3, 0.4) is 0 Å². The molecule has 0 N–H and O–H groups in total. The van der Waals surface area contributed by atoms with Gasteiger partial charge in [0.1, 0.15) is 5.78 Å². The first-order chi connectivity index (χ1) is 7.02. The Kier molecular flexibility index (Phi) is 4.62. The van der Waals surface area contributed by atoms with E-state index in [-0.39, 0.29) is 11.7 Å². The summed E-state index contributed by atoms with van der Waals surface area (Å²) in [6, 6.07) is 5.39. The zero-order chi connectivity index (χ0) is 11.4. The van der Waals surface area contributed by atoms with Crippen LogP contribution in [0.2, 0.25) is 10.0 Å². The van der Waals surface area contributed by atoms with Crippen molar-refractivity contribution < 1.29 is 4.79 Å². The number of rotatable bonds is 4. The molecule has 1 rings (SSSR count). The number of Topliss-reactive ketones (excluding diaryl/α,β-unsaturated/α-hetero) is 1. The number of halogens is 2. The van der Waals surface area contributed by atoms with Gasteiger partial charge in [0, 0.05) is 22.4 Å². The quantitative estimate of drug-likeness (QED) is 0.778. The highest BCUT2D eigenvalue weighted by Crippen LogP contribution is 2.25. The van der Waals surface area contributed by atoms with Gasteiger partial charge in [-0.15, -0.1) is 0 Å². The van der Waals surface area contributed by atoms with Gasteiger partial charge < -0.3 is 0 Å². The molecule has 0 radical (unpaired) electrons. The summed E-state index contributed by atoms with van der Waals surface area (Å²) in [7, 11) is 0. The van der Waals surface area contributed by atoms with Gasteiger partial charge in [-0.25, -0.2) is 0 Å². The molecular formula is C12H14Cl2O. The van der Waals surface area contributed by atoms with E-state index >= 15 is 0 Å². The topological polar surface area (TPSA) is 17.1 Å². The maximum Gasteiger partial charge on any atom is 0.135 e. The molecule has 82 valence electrons. The van der Waals surface area contributed by atoms with Gasteiger partial charge in [0.2, 0.25) is 0 Å². The van der Waals surface area contributed by atoms with Crippen LogP contribution in [0.1, 0.15) is 25.8 Å². The summed E-state index contributed by atoms with van der Waals surface area (Å²) in [6.45, 7) is 3.80. The standard InChI is InChI=1S/C12H14Cl2O/c1-8(2)12(15)7-6-9-10(13)4-3-5-11(9)14/h3-5,8H,6-7H2,1-2H3. The number of carbonyl (C=O) groups excluding carboxylic acids is 1. The molecule has 1 aromatic rings. The van der Waals surface area contributed by atoms with Crippen molar-refractivity contribution in [1.29, 1.82) is 0 Å². The zero-order valence-corrected chi connectivity index (χ0v) is 10.4. The third-order valence-corrected chi connectivity index (χ3v) is 3.04. The summed E-state index contributed by atoms with van der Waals surface area (Å²) in [6.07, 6.45) is 1.12. The van der Waals surface area contributed by atoms with Gasteiger partial charge in [-0.05, 0) is 24.1 Å². The normalized spacial score (nSPS) is 10.7. The number of ketones is 1. The molecule has 0 saturated carbocycles. The Bertz CT molecular complexity index is 338. The van der Waals surface area contributed by atoms with Crippen molar-refractivity contribution in [3.05, 3.63) is 33.8 Å². The minimum Gasteiger partial charge on any atom is -0.299 e. The van der Waals surface area contributed by atoms with Crippen molar-refractivity contribution in [2.45, 2.75) is 26.7 Å². The van der Waals surface area contributed by atoms with E-state index in [4.69, 9.17) is 23.2 Å². The molecule has 0 unspecified atom stereocenters. The lowest BCUT2D eigenvalue weighted by Crippen LogP contribution is -2.08. The van der Waals surface area contributed by atoms with Crippen molar-refractivity contribution in [1.82, 2.24) is 0 Å². The van der Waals surface area contributed by atoms with E-state index in [9.17, 15) is 4.79 Å². The predicted molar refractivity (Wildman–Crippen MR) is 64.6 cm³/mol. The molecule has 1 nitrogen and oxygen atoms in total. The lowest BCUT2D eigenvalue weighted by Gasteiger charge is -2.07. The van der Waals surface area contributed by atoms with Crippen LogP contribution in [-0.2, 0) is 11.2 Å². The van der Waals surface area contributed by atoms with E-state index in [1.165, 1.54) is 0 Å². The monoisotopic (exact) mass is 244 g/mol. The fraction of sp³-hybridized carbons (Fsp3) is 0.417. The zero-order valence-electron chi connectivity index (χ0n) is 8.89. The van der Waals surface area contributed by atoms with Gasteiger partial charge in [0.15, 0.2) is 0 Å². The van der Waals surface area contributed by atoms with Gasteiger partial charge in [-0.2, -0.15) is 0 Å². The summed E-state index contributed by atoms with van der Waals surface area (Å²) < 4.78 is 0. The lowest BCUT2D eigenvalue weighted by molar-refractivity contribution is -0.121. The molecule has 0 atom stereocenters. The average Bonchev–Trinajstić information content (AvgIpc) is 2.16. The van der Waals surface area contributed by atoms with Crippen LogP contribution in [0.5, 0.6) is 0 Å². The second kappa shape index (κ2) is 5.53. The molecule has 1 aromatic carbocycles.